The molecule has 3 nitrogen and oxygen atoms in total. The van der Waals surface area contributed by atoms with Gasteiger partial charge in [0.25, 0.3) is 0 Å². The molecule has 0 aromatic heterocycles. The Hall–Kier alpha value is -0.930. The van der Waals surface area contributed by atoms with Crippen LogP contribution in [0.25, 0.3) is 0 Å². The number of rotatable bonds is 2. The summed E-state index contributed by atoms with van der Waals surface area (Å²) in [7, 11) is 1.71. The van der Waals surface area contributed by atoms with Crippen molar-refractivity contribution in [1.82, 2.24) is 5.32 Å². The largest absolute Gasteiger partial charge is 0.497 e. The first kappa shape index (κ1) is 12.1. The first-order chi connectivity index (χ1) is 6.90. The lowest BCUT2D eigenvalue weighted by Gasteiger charge is -2.29. The van der Waals surface area contributed by atoms with Gasteiger partial charge in [0, 0.05) is 37.9 Å². The van der Waals surface area contributed by atoms with E-state index >= 15 is 0 Å². The number of hydrogen-bond donors (Lipinski definition) is 1. The Kier molecular flexibility index (Phi) is 4.72. The lowest BCUT2D eigenvalue weighted by Crippen LogP contribution is -2.43. The van der Waals surface area contributed by atoms with Crippen LogP contribution in [0.3, 0.4) is 0 Å². The summed E-state index contributed by atoms with van der Waals surface area (Å²) in [5.41, 5.74) is 1.26. The van der Waals surface area contributed by atoms with Crippen LogP contribution in [0.1, 0.15) is 0 Å². The maximum Gasteiger partial charge on any atom is 0.120 e. The fourth-order valence-electron chi connectivity index (χ4n) is 1.73. The van der Waals surface area contributed by atoms with E-state index in [1.54, 1.807) is 7.11 Å². The van der Waals surface area contributed by atoms with Crippen molar-refractivity contribution in [2.45, 2.75) is 0 Å². The predicted octanol–water partition coefficient (Wildman–Crippen LogP) is 1.53. The van der Waals surface area contributed by atoms with Gasteiger partial charge in [-0.25, -0.2) is 0 Å². The summed E-state index contributed by atoms with van der Waals surface area (Å²) in [5, 5.41) is 3.34. The van der Waals surface area contributed by atoms with Crippen molar-refractivity contribution in [2.75, 3.05) is 38.2 Å². The molecule has 0 aliphatic carbocycles. The van der Waals surface area contributed by atoms with Crippen molar-refractivity contribution >= 4 is 18.1 Å². The summed E-state index contributed by atoms with van der Waals surface area (Å²) in [6.45, 7) is 4.29. The van der Waals surface area contributed by atoms with Gasteiger partial charge in [0.05, 0.1) is 7.11 Å². The van der Waals surface area contributed by atoms with Crippen molar-refractivity contribution in [1.29, 1.82) is 0 Å². The first-order valence-corrected chi connectivity index (χ1v) is 5.00. The minimum absolute atomic E-state index is 0. The van der Waals surface area contributed by atoms with Crippen LogP contribution in [0.5, 0.6) is 5.75 Å². The van der Waals surface area contributed by atoms with Crippen LogP contribution < -0.4 is 15.0 Å². The fraction of sp³-hybridized carbons (Fsp3) is 0.455. The molecule has 0 atom stereocenters. The second kappa shape index (κ2) is 5.83. The number of nitrogens with zero attached hydrogens (tertiary/aromatic N) is 1. The molecule has 1 aromatic rings. The van der Waals surface area contributed by atoms with Crippen LogP contribution in [-0.2, 0) is 0 Å². The molecule has 1 aromatic carbocycles. The summed E-state index contributed by atoms with van der Waals surface area (Å²) in [6, 6.07) is 8.24. The Morgan fingerprint density at radius 1 is 1.27 bits per heavy atom. The molecule has 1 N–H and O–H groups in total. The van der Waals surface area contributed by atoms with E-state index in [0.717, 1.165) is 31.9 Å². The van der Waals surface area contributed by atoms with E-state index in [2.05, 4.69) is 22.3 Å². The van der Waals surface area contributed by atoms with Gasteiger partial charge in [0.1, 0.15) is 5.75 Å². The highest BCUT2D eigenvalue weighted by molar-refractivity contribution is 5.85. The standard InChI is InChI=1S/C11H16N2O.ClH/c1-14-11-4-2-3-10(9-11)13-7-5-12-6-8-13;/h2-4,9,12H,5-8H2,1H3;1H. The highest BCUT2D eigenvalue weighted by atomic mass is 35.5. The van der Waals surface area contributed by atoms with E-state index < -0.39 is 0 Å². The van der Waals surface area contributed by atoms with Crippen LogP contribution in [0, 0.1) is 0 Å². The van der Waals surface area contributed by atoms with Gasteiger partial charge in [-0.05, 0) is 12.1 Å². The zero-order valence-corrected chi connectivity index (χ0v) is 9.72. The van der Waals surface area contributed by atoms with Crippen LogP contribution >= 0.6 is 12.4 Å². The molecule has 1 heterocycles. The average Bonchev–Trinajstić information content (AvgIpc) is 2.30. The monoisotopic (exact) mass is 228 g/mol. The fourth-order valence-corrected chi connectivity index (χ4v) is 1.73. The van der Waals surface area contributed by atoms with Gasteiger partial charge in [-0.15, -0.1) is 12.4 Å². The lowest BCUT2D eigenvalue weighted by molar-refractivity contribution is 0.414. The SMILES string of the molecule is COc1cccc(N2CCNCC2)c1.Cl. The normalized spacial score (nSPS) is 15.7. The van der Waals surface area contributed by atoms with E-state index in [4.69, 9.17) is 4.74 Å². The summed E-state index contributed by atoms with van der Waals surface area (Å²) in [4.78, 5) is 2.37. The molecule has 0 spiro atoms. The topological polar surface area (TPSA) is 24.5 Å². The van der Waals surface area contributed by atoms with E-state index in [1.807, 2.05) is 12.1 Å². The van der Waals surface area contributed by atoms with E-state index in [0.29, 0.717) is 0 Å². The summed E-state index contributed by atoms with van der Waals surface area (Å²) < 4.78 is 5.20. The molecular formula is C11H17ClN2O. The summed E-state index contributed by atoms with van der Waals surface area (Å²) >= 11 is 0. The lowest BCUT2D eigenvalue weighted by atomic mass is 10.2. The second-order valence-corrected chi connectivity index (χ2v) is 3.44. The molecule has 84 valence electrons. The van der Waals surface area contributed by atoms with Gasteiger partial charge in [0.15, 0.2) is 0 Å². The molecule has 0 saturated carbocycles. The Morgan fingerprint density at radius 3 is 2.67 bits per heavy atom. The van der Waals surface area contributed by atoms with Gasteiger partial charge in [-0.2, -0.15) is 0 Å². The first-order valence-electron chi connectivity index (χ1n) is 5.00. The van der Waals surface area contributed by atoms with Crippen LogP contribution in [0.2, 0.25) is 0 Å². The van der Waals surface area contributed by atoms with Crippen molar-refractivity contribution in [2.24, 2.45) is 0 Å². The molecule has 0 amide bonds. The molecule has 4 heteroatoms. The molecular weight excluding hydrogens is 212 g/mol. The number of halogens is 1. The van der Waals surface area contributed by atoms with Crippen LogP contribution in [0.4, 0.5) is 5.69 Å². The maximum absolute atomic E-state index is 5.20. The summed E-state index contributed by atoms with van der Waals surface area (Å²) in [5.74, 6) is 0.932. The minimum Gasteiger partial charge on any atom is -0.497 e. The van der Waals surface area contributed by atoms with Gasteiger partial charge in [0.2, 0.25) is 0 Å². The molecule has 0 bridgehead atoms. The molecule has 1 saturated heterocycles. The van der Waals surface area contributed by atoms with Gasteiger partial charge < -0.3 is 15.0 Å². The highest BCUT2D eigenvalue weighted by Crippen LogP contribution is 2.20. The maximum atomic E-state index is 5.20. The molecule has 1 aliphatic heterocycles. The van der Waals surface area contributed by atoms with Gasteiger partial charge in [-0.1, -0.05) is 6.07 Å². The number of anilines is 1. The number of ether oxygens (including phenoxy) is 1. The van der Waals surface area contributed by atoms with E-state index in [9.17, 15) is 0 Å². The van der Waals surface area contributed by atoms with Crippen molar-refractivity contribution in [3.63, 3.8) is 0 Å². The second-order valence-electron chi connectivity index (χ2n) is 3.44. The third-order valence-electron chi connectivity index (χ3n) is 2.54. The highest BCUT2D eigenvalue weighted by Gasteiger charge is 2.10. The van der Waals surface area contributed by atoms with Crippen molar-refractivity contribution < 1.29 is 4.74 Å². The Labute approximate surface area is 96.8 Å². The molecule has 15 heavy (non-hydrogen) atoms. The molecule has 0 unspecified atom stereocenters. The quantitative estimate of drug-likeness (QED) is 0.831. The minimum atomic E-state index is 0. The third-order valence-corrected chi connectivity index (χ3v) is 2.54. The van der Waals surface area contributed by atoms with Crippen LogP contribution in [0.15, 0.2) is 24.3 Å². The molecule has 1 fully saturated rings. The summed E-state index contributed by atoms with van der Waals surface area (Å²) in [6.07, 6.45) is 0. The average molecular weight is 229 g/mol. The number of piperazine rings is 1. The zero-order valence-electron chi connectivity index (χ0n) is 8.90. The predicted molar refractivity (Wildman–Crippen MR) is 65.3 cm³/mol. The van der Waals surface area contributed by atoms with E-state index in [1.165, 1.54) is 5.69 Å². The van der Waals surface area contributed by atoms with E-state index in [-0.39, 0.29) is 12.4 Å². The Balaban J connectivity index is 0.00000112. The third kappa shape index (κ3) is 3.01. The number of nitrogens with one attached hydrogen (secondary N) is 1. The molecule has 0 radical (unpaired) electrons. The number of methoxy groups -OCH3 is 1. The Morgan fingerprint density at radius 2 is 2.00 bits per heavy atom. The molecule has 2 rings (SSSR count). The van der Waals surface area contributed by atoms with Crippen LogP contribution in [-0.4, -0.2) is 33.3 Å². The number of hydrogen-bond acceptors (Lipinski definition) is 3. The zero-order chi connectivity index (χ0) is 9.80. The van der Waals surface area contributed by atoms with Gasteiger partial charge in [-0.3, -0.25) is 0 Å². The van der Waals surface area contributed by atoms with Gasteiger partial charge >= 0.3 is 0 Å². The smallest absolute Gasteiger partial charge is 0.120 e. The molecule has 1 aliphatic rings. The van der Waals surface area contributed by atoms with Crippen molar-refractivity contribution in [3.8, 4) is 5.75 Å². The van der Waals surface area contributed by atoms with Crippen molar-refractivity contribution in [3.05, 3.63) is 24.3 Å². The number of benzene rings is 1. The Bertz CT molecular complexity index is 300.